The molecule has 0 aromatic heterocycles. The first-order valence-electron chi connectivity index (χ1n) is 3.29. The van der Waals surface area contributed by atoms with E-state index in [1.54, 1.807) is 6.21 Å². The van der Waals surface area contributed by atoms with Gasteiger partial charge < -0.3 is 0 Å². The van der Waals surface area contributed by atoms with Gasteiger partial charge in [0.15, 0.2) is 0 Å². The van der Waals surface area contributed by atoms with Crippen LogP contribution in [0.5, 0.6) is 0 Å². The van der Waals surface area contributed by atoms with E-state index in [1.165, 1.54) is 0 Å². The maximum absolute atomic E-state index is 7.25. The smallest absolute Gasteiger partial charge is 0.122 e. The van der Waals surface area contributed by atoms with Gasteiger partial charge in [-0.05, 0) is 6.42 Å². The molecule has 0 saturated carbocycles. The molecule has 0 aliphatic carbocycles. The summed E-state index contributed by atoms with van der Waals surface area (Å²) in [6.45, 7) is 5.95. The van der Waals surface area contributed by atoms with E-state index in [9.17, 15) is 0 Å². The number of rotatable bonds is 2. The van der Waals surface area contributed by atoms with Crippen LogP contribution in [0.2, 0.25) is 0 Å². The van der Waals surface area contributed by atoms with Gasteiger partial charge in [0.2, 0.25) is 0 Å². The zero-order valence-corrected chi connectivity index (χ0v) is 6.31. The van der Waals surface area contributed by atoms with Gasteiger partial charge in [-0.1, -0.05) is 20.8 Å². The quantitative estimate of drug-likeness (QED) is 0.434. The van der Waals surface area contributed by atoms with Gasteiger partial charge in [0.25, 0.3) is 0 Å². The molecule has 0 aromatic carbocycles. The Morgan fingerprint density at radius 2 is 2.22 bits per heavy atom. The molecule has 0 atom stereocenters. The molecule has 0 amide bonds. The molecule has 0 bridgehead atoms. The third-order valence-corrected chi connectivity index (χ3v) is 0.960. The minimum Gasteiger partial charge on any atom is -0.286 e. The fourth-order valence-corrected chi connectivity index (χ4v) is 0.339. The lowest BCUT2D eigenvalue weighted by Gasteiger charge is -1.97. The number of aliphatic imine (C=N–C) groups is 1. The molecule has 0 aromatic rings. The van der Waals surface area contributed by atoms with Gasteiger partial charge in [-0.15, -0.1) is 0 Å². The van der Waals surface area contributed by atoms with Crippen LogP contribution in [0.15, 0.2) is 4.99 Å². The normalized spacial score (nSPS) is 11.1. The van der Waals surface area contributed by atoms with Crippen molar-refractivity contribution >= 4 is 12.1 Å². The molecule has 0 heterocycles. The van der Waals surface area contributed by atoms with Crippen molar-refractivity contribution in [1.82, 2.24) is 0 Å². The highest BCUT2D eigenvalue weighted by molar-refractivity contribution is 5.88. The first kappa shape index (κ1) is 8.34. The number of nitrogens with zero attached hydrogens (tertiary/aromatic N) is 1. The minimum absolute atomic E-state index is 0.257. The summed E-state index contributed by atoms with van der Waals surface area (Å²) in [6, 6.07) is 0. The van der Waals surface area contributed by atoms with Crippen molar-refractivity contribution < 1.29 is 0 Å². The van der Waals surface area contributed by atoms with E-state index in [2.05, 4.69) is 4.99 Å². The highest BCUT2D eigenvalue weighted by atomic mass is 14.8. The fourth-order valence-electron chi connectivity index (χ4n) is 0.339. The van der Waals surface area contributed by atoms with Crippen LogP contribution in [0.4, 0.5) is 0 Å². The summed E-state index contributed by atoms with van der Waals surface area (Å²) in [6.07, 6.45) is 2.68. The fraction of sp³-hybridized carbons (Fsp3) is 0.714. The Labute approximate surface area is 56.5 Å². The molecular weight excluding hydrogens is 112 g/mol. The van der Waals surface area contributed by atoms with Gasteiger partial charge in [-0.2, -0.15) is 0 Å². The lowest BCUT2D eigenvalue weighted by molar-refractivity contribution is 0.865. The molecule has 0 spiro atoms. The molecule has 0 saturated heterocycles. The first-order valence-corrected chi connectivity index (χ1v) is 3.29. The Balaban J connectivity index is 3.63. The average molecular weight is 126 g/mol. The SMILES string of the molecule is CC/C=N\C(=N)C(C)C. The van der Waals surface area contributed by atoms with Gasteiger partial charge in [-0.25, -0.2) is 4.99 Å². The van der Waals surface area contributed by atoms with Crippen molar-refractivity contribution in [1.29, 1.82) is 5.41 Å². The van der Waals surface area contributed by atoms with Crippen molar-refractivity contribution in [3.63, 3.8) is 0 Å². The first-order chi connectivity index (χ1) is 4.18. The number of amidine groups is 1. The zero-order valence-electron chi connectivity index (χ0n) is 6.31. The summed E-state index contributed by atoms with van der Waals surface area (Å²) in [5, 5.41) is 7.25. The molecule has 52 valence electrons. The molecule has 0 fully saturated rings. The number of nitrogens with one attached hydrogen (secondary N) is 1. The lowest BCUT2D eigenvalue weighted by atomic mass is 10.2. The summed E-state index contributed by atoms with van der Waals surface area (Å²) in [5.41, 5.74) is 0. The van der Waals surface area contributed by atoms with Crippen LogP contribution in [-0.4, -0.2) is 12.1 Å². The Bertz CT molecular complexity index is 114. The molecule has 0 radical (unpaired) electrons. The van der Waals surface area contributed by atoms with Gasteiger partial charge in [0.05, 0.1) is 0 Å². The maximum Gasteiger partial charge on any atom is 0.122 e. The van der Waals surface area contributed by atoms with Crippen molar-refractivity contribution in [2.45, 2.75) is 27.2 Å². The van der Waals surface area contributed by atoms with Crippen LogP contribution in [0.25, 0.3) is 0 Å². The predicted molar refractivity (Wildman–Crippen MR) is 41.3 cm³/mol. The molecule has 1 N–H and O–H groups in total. The predicted octanol–water partition coefficient (Wildman–Crippen LogP) is 2.10. The summed E-state index contributed by atoms with van der Waals surface area (Å²) in [5.74, 6) is 0.727. The molecule has 2 nitrogen and oxygen atoms in total. The van der Waals surface area contributed by atoms with Crippen LogP contribution in [0.3, 0.4) is 0 Å². The van der Waals surface area contributed by atoms with Crippen LogP contribution in [0.1, 0.15) is 27.2 Å². The topological polar surface area (TPSA) is 36.2 Å². The minimum atomic E-state index is 0.257. The molecule has 0 unspecified atom stereocenters. The Morgan fingerprint density at radius 1 is 1.67 bits per heavy atom. The van der Waals surface area contributed by atoms with Crippen molar-refractivity contribution in [2.24, 2.45) is 10.9 Å². The molecular formula is C7H14N2. The Kier molecular flexibility index (Phi) is 3.93. The van der Waals surface area contributed by atoms with E-state index < -0.39 is 0 Å². The second kappa shape index (κ2) is 4.24. The Morgan fingerprint density at radius 3 is 2.56 bits per heavy atom. The standard InChI is InChI=1S/C7H14N2/c1-4-5-9-7(8)6(2)3/h5-6,8H,4H2,1-3H3/b8-7?,9-5-. The van der Waals surface area contributed by atoms with Gasteiger partial charge in [0, 0.05) is 12.1 Å². The maximum atomic E-state index is 7.25. The third kappa shape index (κ3) is 3.88. The van der Waals surface area contributed by atoms with Crippen LogP contribution < -0.4 is 0 Å². The highest BCUT2D eigenvalue weighted by Crippen LogP contribution is 1.94. The van der Waals surface area contributed by atoms with Gasteiger partial charge in [-0.3, -0.25) is 5.41 Å². The third-order valence-electron chi connectivity index (χ3n) is 0.960. The molecule has 0 aliphatic rings. The second-order valence-corrected chi connectivity index (χ2v) is 2.26. The van der Waals surface area contributed by atoms with Crippen LogP contribution in [0, 0.1) is 11.3 Å². The van der Waals surface area contributed by atoms with Crippen molar-refractivity contribution in [3.8, 4) is 0 Å². The van der Waals surface area contributed by atoms with Crippen LogP contribution >= 0.6 is 0 Å². The summed E-state index contributed by atoms with van der Waals surface area (Å²) in [7, 11) is 0. The summed E-state index contributed by atoms with van der Waals surface area (Å²) in [4.78, 5) is 3.90. The molecule has 0 rings (SSSR count). The molecule has 2 heteroatoms. The zero-order chi connectivity index (χ0) is 7.28. The van der Waals surface area contributed by atoms with E-state index in [1.807, 2.05) is 20.8 Å². The monoisotopic (exact) mass is 126 g/mol. The van der Waals surface area contributed by atoms with Crippen molar-refractivity contribution in [3.05, 3.63) is 0 Å². The number of hydrogen-bond donors (Lipinski definition) is 1. The second-order valence-electron chi connectivity index (χ2n) is 2.26. The largest absolute Gasteiger partial charge is 0.286 e. The van der Waals surface area contributed by atoms with Crippen LogP contribution in [-0.2, 0) is 0 Å². The average Bonchev–Trinajstić information content (AvgIpc) is 1.82. The summed E-state index contributed by atoms with van der Waals surface area (Å²) >= 11 is 0. The summed E-state index contributed by atoms with van der Waals surface area (Å²) < 4.78 is 0. The highest BCUT2D eigenvalue weighted by Gasteiger charge is 1.96. The van der Waals surface area contributed by atoms with Crippen molar-refractivity contribution in [2.75, 3.05) is 0 Å². The van der Waals surface area contributed by atoms with E-state index in [4.69, 9.17) is 5.41 Å². The number of hydrogen-bond acceptors (Lipinski definition) is 1. The van der Waals surface area contributed by atoms with E-state index in [-0.39, 0.29) is 5.92 Å². The van der Waals surface area contributed by atoms with E-state index >= 15 is 0 Å². The molecule has 9 heavy (non-hydrogen) atoms. The molecule has 0 aliphatic heterocycles. The van der Waals surface area contributed by atoms with Gasteiger partial charge in [0.1, 0.15) is 5.84 Å². The Hall–Kier alpha value is -0.660. The lowest BCUT2D eigenvalue weighted by Crippen LogP contribution is -2.01. The van der Waals surface area contributed by atoms with E-state index in [0.717, 1.165) is 6.42 Å². The van der Waals surface area contributed by atoms with E-state index in [0.29, 0.717) is 5.84 Å². The van der Waals surface area contributed by atoms with Gasteiger partial charge >= 0.3 is 0 Å².